The van der Waals surface area contributed by atoms with E-state index in [4.69, 9.17) is 4.74 Å². The fourth-order valence-electron chi connectivity index (χ4n) is 3.04. The Hall–Kier alpha value is -0.900. The summed E-state index contributed by atoms with van der Waals surface area (Å²) in [6, 6.07) is 9.03. The van der Waals surface area contributed by atoms with Gasteiger partial charge in [-0.1, -0.05) is 31.2 Å². The molecule has 1 unspecified atom stereocenters. The lowest BCUT2D eigenvalue weighted by atomic mass is 9.94. The van der Waals surface area contributed by atoms with Crippen molar-refractivity contribution in [1.29, 1.82) is 0 Å². The molecule has 0 saturated carbocycles. The van der Waals surface area contributed by atoms with E-state index in [2.05, 4.69) is 48.3 Å². The van der Waals surface area contributed by atoms with Crippen molar-refractivity contribution in [2.45, 2.75) is 51.8 Å². The Kier molecular flexibility index (Phi) is 6.22. The molecule has 0 bridgehead atoms. The summed E-state index contributed by atoms with van der Waals surface area (Å²) in [7, 11) is 1.83. The maximum absolute atomic E-state index is 5.67. The minimum absolute atomic E-state index is 0.0300. The van der Waals surface area contributed by atoms with Crippen LogP contribution in [0, 0.1) is 0 Å². The van der Waals surface area contributed by atoms with Crippen molar-refractivity contribution in [3.63, 3.8) is 0 Å². The van der Waals surface area contributed by atoms with Crippen molar-refractivity contribution in [2.24, 2.45) is 0 Å². The summed E-state index contributed by atoms with van der Waals surface area (Å²) in [4.78, 5) is 2.51. The highest BCUT2D eigenvalue weighted by atomic mass is 16.5. The first-order valence-electron chi connectivity index (χ1n) is 8.21. The summed E-state index contributed by atoms with van der Waals surface area (Å²) in [5, 5.41) is 3.44. The molecule has 1 atom stereocenters. The molecule has 1 aliphatic heterocycles. The van der Waals surface area contributed by atoms with Gasteiger partial charge in [0, 0.05) is 26.7 Å². The van der Waals surface area contributed by atoms with Crippen molar-refractivity contribution in [2.75, 3.05) is 26.7 Å². The number of ether oxygens (including phenoxy) is 1. The molecule has 0 spiro atoms. The Morgan fingerprint density at radius 1 is 1.24 bits per heavy atom. The number of benzene rings is 1. The second-order valence-electron chi connectivity index (χ2n) is 6.46. The van der Waals surface area contributed by atoms with Crippen LogP contribution in [-0.2, 0) is 17.8 Å². The van der Waals surface area contributed by atoms with Crippen LogP contribution in [0.4, 0.5) is 0 Å². The van der Waals surface area contributed by atoms with Crippen LogP contribution in [0.15, 0.2) is 24.3 Å². The molecule has 0 aromatic heterocycles. The Labute approximate surface area is 129 Å². The maximum Gasteiger partial charge on any atom is 0.0777 e. The lowest BCUT2D eigenvalue weighted by molar-refractivity contribution is -0.0527. The first kappa shape index (κ1) is 16.5. The van der Waals surface area contributed by atoms with Crippen LogP contribution in [-0.4, -0.2) is 37.2 Å². The topological polar surface area (TPSA) is 24.5 Å². The van der Waals surface area contributed by atoms with Crippen molar-refractivity contribution >= 4 is 0 Å². The van der Waals surface area contributed by atoms with Gasteiger partial charge < -0.3 is 10.1 Å². The van der Waals surface area contributed by atoms with Gasteiger partial charge in [0.2, 0.25) is 0 Å². The molecule has 2 rings (SSSR count). The highest BCUT2D eigenvalue weighted by Crippen LogP contribution is 2.25. The van der Waals surface area contributed by atoms with Gasteiger partial charge in [0.05, 0.1) is 5.60 Å². The number of nitrogens with zero attached hydrogens (tertiary/aromatic N) is 1. The first-order valence-corrected chi connectivity index (χ1v) is 8.21. The fraction of sp³-hybridized carbons (Fsp3) is 0.667. The van der Waals surface area contributed by atoms with Gasteiger partial charge in [-0.05, 0) is 50.4 Å². The summed E-state index contributed by atoms with van der Waals surface area (Å²) in [5.41, 5.74) is 2.80. The average Bonchev–Trinajstić information content (AvgIpc) is 2.49. The van der Waals surface area contributed by atoms with E-state index in [0.29, 0.717) is 0 Å². The maximum atomic E-state index is 5.67. The molecular weight excluding hydrogens is 260 g/mol. The summed E-state index contributed by atoms with van der Waals surface area (Å²) >= 11 is 0. The van der Waals surface area contributed by atoms with Crippen LogP contribution in [0.5, 0.6) is 0 Å². The van der Waals surface area contributed by atoms with Crippen molar-refractivity contribution in [3.05, 3.63) is 35.4 Å². The second-order valence-corrected chi connectivity index (χ2v) is 6.46. The molecule has 0 radical (unpaired) electrons. The third-order valence-corrected chi connectivity index (χ3v) is 4.42. The first-order chi connectivity index (χ1) is 10.1. The Bertz CT molecular complexity index is 418. The largest absolute Gasteiger partial charge is 0.377 e. The van der Waals surface area contributed by atoms with Gasteiger partial charge in [-0.25, -0.2) is 0 Å². The molecule has 1 heterocycles. The highest BCUT2D eigenvalue weighted by molar-refractivity contribution is 5.22. The van der Waals surface area contributed by atoms with E-state index in [-0.39, 0.29) is 5.60 Å². The average molecular weight is 290 g/mol. The minimum Gasteiger partial charge on any atom is -0.377 e. The van der Waals surface area contributed by atoms with E-state index in [1.807, 2.05) is 7.11 Å². The molecule has 0 aliphatic carbocycles. The smallest absolute Gasteiger partial charge is 0.0777 e. The number of hydrogen-bond donors (Lipinski definition) is 1. The van der Waals surface area contributed by atoms with Crippen LogP contribution in [0.25, 0.3) is 0 Å². The van der Waals surface area contributed by atoms with Gasteiger partial charge in [-0.2, -0.15) is 0 Å². The molecule has 1 N–H and O–H groups in total. The van der Waals surface area contributed by atoms with E-state index in [1.54, 1.807) is 0 Å². The lowest BCUT2D eigenvalue weighted by Crippen LogP contribution is -2.46. The molecule has 3 heteroatoms. The van der Waals surface area contributed by atoms with Gasteiger partial charge in [0.25, 0.3) is 0 Å². The van der Waals surface area contributed by atoms with Crippen LogP contribution in [0.2, 0.25) is 0 Å². The number of nitrogens with one attached hydrogen (secondary N) is 1. The molecule has 1 fully saturated rings. The number of likely N-dealkylation sites (tertiary alicyclic amines) is 1. The van der Waals surface area contributed by atoms with Crippen LogP contribution >= 0.6 is 0 Å². The van der Waals surface area contributed by atoms with Crippen LogP contribution in [0.3, 0.4) is 0 Å². The molecule has 21 heavy (non-hydrogen) atoms. The molecule has 1 aliphatic rings. The fourth-order valence-corrected chi connectivity index (χ4v) is 3.04. The Morgan fingerprint density at radius 2 is 1.95 bits per heavy atom. The number of methoxy groups -OCH3 is 1. The highest BCUT2D eigenvalue weighted by Gasteiger charge is 2.30. The summed E-state index contributed by atoms with van der Waals surface area (Å²) in [6.45, 7) is 9.72. The van der Waals surface area contributed by atoms with Crippen LogP contribution < -0.4 is 5.32 Å². The zero-order chi connectivity index (χ0) is 15.1. The summed E-state index contributed by atoms with van der Waals surface area (Å²) < 4.78 is 5.67. The molecular formula is C18H30N2O. The van der Waals surface area contributed by atoms with E-state index in [0.717, 1.165) is 26.2 Å². The predicted octanol–water partition coefficient (Wildman–Crippen LogP) is 3.19. The zero-order valence-electron chi connectivity index (χ0n) is 13.8. The standard InChI is InChI=1S/C18H30N2O/c1-4-11-19-13-16-6-8-17(9-7-16)14-20-12-5-10-18(2,15-20)21-3/h6-9,19H,4-5,10-15H2,1-3H3. The third kappa shape index (κ3) is 5.10. The number of rotatable bonds is 7. The SMILES string of the molecule is CCCNCc1ccc(CN2CCCC(C)(OC)C2)cc1. The number of hydrogen-bond acceptors (Lipinski definition) is 3. The quantitative estimate of drug-likeness (QED) is 0.781. The lowest BCUT2D eigenvalue weighted by Gasteiger charge is -2.39. The third-order valence-electron chi connectivity index (χ3n) is 4.42. The second kappa shape index (κ2) is 7.92. The van der Waals surface area contributed by atoms with Gasteiger partial charge in [0.1, 0.15) is 0 Å². The molecule has 1 aromatic rings. The van der Waals surface area contributed by atoms with E-state index in [9.17, 15) is 0 Å². The van der Waals surface area contributed by atoms with Gasteiger partial charge in [-0.15, -0.1) is 0 Å². The van der Waals surface area contributed by atoms with Gasteiger partial charge in [0.15, 0.2) is 0 Å². The molecule has 0 amide bonds. The normalized spacial score (nSPS) is 23.4. The van der Waals surface area contributed by atoms with Crippen LogP contribution in [0.1, 0.15) is 44.2 Å². The zero-order valence-corrected chi connectivity index (χ0v) is 13.8. The summed E-state index contributed by atoms with van der Waals surface area (Å²) in [5.74, 6) is 0. The van der Waals surface area contributed by atoms with E-state index >= 15 is 0 Å². The van der Waals surface area contributed by atoms with Gasteiger partial charge >= 0.3 is 0 Å². The Balaban J connectivity index is 1.85. The molecule has 1 aromatic carbocycles. The Morgan fingerprint density at radius 3 is 2.62 bits per heavy atom. The summed E-state index contributed by atoms with van der Waals surface area (Å²) in [6.07, 6.45) is 3.58. The van der Waals surface area contributed by atoms with Gasteiger partial charge in [-0.3, -0.25) is 4.90 Å². The molecule has 3 nitrogen and oxygen atoms in total. The van der Waals surface area contributed by atoms with E-state index < -0.39 is 0 Å². The molecule has 1 saturated heterocycles. The monoisotopic (exact) mass is 290 g/mol. The van der Waals surface area contributed by atoms with E-state index in [1.165, 1.54) is 36.9 Å². The number of piperidine rings is 1. The minimum atomic E-state index is 0.0300. The predicted molar refractivity (Wildman–Crippen MR) is 88.4 cm³/mol. The van der Waals surface area contributed by atoms with Crippen molar-refractivity contribution in [3.8, 4) is 0 Å². The molecule has 118 valence electrons. The van der Waals surface area contributed by atoms with Crippen molar-refractivity contribution < 1.29 is 4.74 Å². The van der Waals surface area contributed by atoms with Crippen molar-refractivity contribution in [1.82, 2.24) is 10.2 Å².